The second kappa shape index (κ2) is 4.92. The van der Waals surface area contributed by atoms with Gasteiger partial charge in [0.25, 0.3) is 10.1 Å². The lowest BCUT2D eigenvalue weighted by molar-refractivity contribution is 0.0603. The first-order chi connectivity index (χ1) is 7.68. The third-order valence-electron chi connectivity index (χ3n) is 2.20. The van der Waals surface area contributed by atoms with Gasteiger partial charge in [0.2, 0.25) is 0 Å². The summed E-state index contributed by atoms with van der Waals surface area (Å²) in [6.07, 6.45) is -0.335. The maximum Gasteiger partial charge on any atom is 0.297 e. The smallest absolute Gasteiger partial charge is 0.297 e. The highest BCUT2D eigenvalue weighted by Crippen LogP contribution is 2.12. The van der Waals surface area contributed by atoms with Gasteiger partial charge in [0.1, 0.15) is 12.8 Å². The summed E-state index contributed by atoms with van der Waals surface area (Å²) in [5.74, 6) is 0. The predicted molar refractivity (Wildman–Crippen MR) is 57.3 cm³/mol. The molecule has 1 aliphatic heterocycles. The zero-order chi connectivity index (χ0) is 11.4. The molecule has 0 aliphatic carbocycles. The lowest BCUT2D eigenvalue weighted by atomic mass is 10.4. The van der Waals surface area contributed by atoms with E-state index in [2.05, 4.69) is 5.32 Å². The molecular formula is C10H13NO4S. The number of benzene rings is 1. The molecule has 1 heterocycles. The Morgan fingerprint density at radius 3 is 2.75 bits per heavy atom. The summed E-state index contributed by atoms with van der Waals surface area (Å²) >= 11 is 0. The minimum absolute atomic E-state index is 0.00275. The average Bonchev–Trinajstić information content (AvgIpc) is 2.81. The molecular weight excluding hydrogens is 230 g/mol. The Morgan fingerprint density at radius 1 is 1.38 bits per heavy atom. The van der Waals surface area contributed by atoms with Gasteiger partial charge in [0.05, 0.1) is 11.5 Å². The number of rotatable bonds is 4. The van der Waals surface area contributed by atoms with Gasteiger partial charge in [0.15, 0.2) is 0 Å². The number of ether oxygens (including phenoxy) is 1. The van der Waals surface area contributed by atoms with Crippen LogP contribution in [0.15, 0.2) is 35.2 Å². The van der Waals surface area contributed by atoms with Gasteiger partial charge >= 0.3 is 0 Å². The first-order valence-electron chi connectivity index (χ1n) is 4.98. The molecule has 1 aromatic rings. The Hall–Kier alpha value is -0.950. The van der Waals surface area contributed by atoms with Gasteiger partial charge in [-0.1, -0.05) is 18.2 Å². The van der Waals surface area contributed by atoms with Crippen molar-refractivity contribution in [3.05, 3.63) is 30.3 Å². The van der Waals surface area contributed by atoms with Crippen molar-refractivity contribution in [3.8, 4) is 0 Å². The fourth-order valence-corrected chi connectivity index (χ4v) is 2.32. The monoisotopic (exact) mass is 243 g/mol. The van der Waals surface area contributed by atoms with E-state index in [9.17, 15) is 8.42 Å². The van der Waals surface area contributed by atoms with E-state index in [0.717, 1.165) is 6.54 Å². The average molecular weight is 243 g/mol. The summed E-state index contributed by atoms with van der Waals surface area (Å²) in [7, 11) is -3.67. The van der Waals surface area contributed by atoms with Crippen LogP contribution < -0.4 is 5.32 Å². The highest BCUT2D eigenvalue weighted by Gasteiger charge is 2.20. The van der Waals surface area contributed by atoms with E-state index in [4.69, 9.17) is 8.92 Å². The molecule has 1 fully saturated rings. The van der Waals surface area contributed by atoms with Crippen LogP contribution in [0.2, 0.25) is 0 Å². The van der Waals surface area contributed by atoms with Crippen LogP contribution in [0, 0.1) is 0 Å². The van der Waals surface area contributed by atoms with E-state index in [0.29, 0.717) is 6.61 Å². The van der Waals surface area contributed by atoms with E-state index in [1.165, 1.54) is 12.1 Å². The standard InChI is InChI=1S/C10H13NO4S/c12-16(13,9-4-2-1-3-5-9)15-8-10-11-6-7-14-10/h1-5,10-11H,6-8H2. The molecule has 0 saturated carbocycles. The van der Waals surface area contributed by atoms with Crippen molar-refractivity contribution in [2.24, 2.45) is 0 Å². The quantitative estimate of drug-likeness (QED) is 0.772. The van der Waals surface area contributed by atoms with Crippen LogP contribution in [-0.2, 0) is 19.0 Å². The normalized spacial score (nSPS) is 21.1. The van der Waals surface area contributed by atoms with E-state index >= 15 is 0 Å². The summed E-state index contributed by atoms with van der Waals surface area (Å²) in [4.78, 5) is 0.160. The van der Waals surface area contributed by atoms with Crippen LogP contribution in [0.3, 0.4) is 0 Å². The van der Waals surface area contributed by atoms with Crippen molar-refractivity contribution in [1.29, 1.82) is 0 Å². The Bertz CT molecular complexity index is 425. The van der Waals surface area contributed by atoms with E-state index < -0.39 is 10.1 Å². The molecule has 1 saturated heterocycles. The topological polar surface area (TPSA) is 64.6 Å². The fraction of sp³-hybridized carbons (Fsp3) is 0.400. The molecule has 0 amide bonds. The Morgan fingerprint density at radius 2 is 2.12 bits per heavy atom. The fourth-order valence-electron chi connectivity index (χ4n) is 1.39. The number of hydrogen-bond acceptors (Lipinski definition) is 5. The van der Waals surface area contributed by atoms with Gasteiger partial charge in [-0.15, -0.1) is 0 Å². The second-order valence-electron chi connectivity index (χ2n) is 3.37. The Labute approximate surface area is 94.5 Å². The molecule has 1 N–H and O–H groups in total. The minimum Gasteiger partial charge on any atom is -0.360 e. The van der Waals surface area contributed by atoms with Gasteiger partial charge in [-0.2, -0.15) is 8.42 Å². The third-order valence-corrected chi connectivity index (χ3v) is 3.50. The SMILES string of the molecule is O=S(=O)(OCC1NCCO1)c1ccccc1. The maximum atomic E-state index is 11.7. The Balaban J connectivity index is 1.98. The second-order valence-corrected chi connectivity index (χ2v) is 4.98. The van der Waals surface area contributed by atoms with E-state index in [-0.39, 0.29) is 17.7 Å². The van der Waals surface area contributed by atoms with Crippen molar-refractivity contribution in [2.75, 3.05) is 19.8 Å². The van der Waals surface area contributed by atoms with Crippen molar-refractivity contribution < 1.29 is 17.3 Å². The molecule has 0 aromatic heterocycles. The molecule has 88 valence electrons. The van der Waals surface area contributed by atoms with Crippen LogP contribution in [0.4, 0.5) is 0 Å². The van der Waals surface area contributed by atoms with Gasteiger partial charge in [-0.3, -0.25) is 9.50 Å². The van der Waals surface area contributed by atoms with Crippen LogP contribution in [0.5, 0.6) is 0 Å². The third kappa shape index (κ3) is 2.79. The minimum atomic E-state index is -3.67. The molecule has 1 atom stereocenters. The molecule has 0 spiro atoms. The molecule has 1 aliphatic rings. The summed E-state index contributed by atoms with van der Waals surface area (Å²) in [6, 6.07) is 8.05. The Kier molecular flexibility index (Phi) is 3.55. The molecule has 0 bridgehead atoms. The summed E-state index contributed by atoms with van der Waals surface area (Å²) in [5.41, 5.74) is 0. The summed E-state index contributed by atoms with van der Waals surface area (Å²) in [6.45, 7) is 1.30. The highest BCUT2D eigenvalue weighted by molar-refractivity contribution is 7.86. The van der Waals surface area contributed by atoms with Crippen LogP contribution in [0.25, 0.3) is 0 Å². The lowest BCUT2D eigenvalue weighted by Gasteiger charge is -2.10. The summed E-state index contributed by atoms with van der Waals surface area (Å²) in [5, 5.41) is 2.97. The first kappa shape index (κ1) is 11.5. The number of nitrogens with one attached hydrogen (secondary N) is 1. The van der Waals surface area contributed by atoms with E-state index in [1.54, 1.807) is 18.2 Å². The molecule has 0 radical (unpaired) electrons. The first-order valence-corrected chi connectivity index (χ1v) is 6.39. The number of hydrogen-bond donors (Lipinski definition) is 1. The zero-order valence-electron chi connectivity index (χ0n) is 8.63. The van der Waals surface area contributed by atoms with Gasteiger partial charge in [-0.25, -0.2) is 0 Å². The highest BCUT2D eigenvalue weighted by atomic mass is 32.2. The van der Waals surface area contributed by atoms with Gasteiger partial charge < -0.3 is 4.74 Å². The van der Waals surface area contributed by atoms with Crippen molar-refractivity contribution in [1.82, 2.24) is 5.32 Å². The maximum absolute atomic E-state index is 11.7. The van der Waals surface area contributed by atoms with Crippen LogP contribution in [-0.4, -0.2) is 34.4 Å². The molecule has 1 aromatic carbocycles. The molecule has 1 unspecified atom stereocenters. The van der Waals surface area contributed by atoms with Gasteiger partial charge in [-0.05, 0) is 12.1 Å². The molecule has 6 heteroatoms. The largest absolute Gasteiger partial charge is 0.360 e. The van der Waals surface area contributed by atoms with Crippen LogP contribution in [0.1, 0.15) is 0 Å². The van der Waals surface area contributed by atoms with Crippen molar-refractivity contribution in [2.45, 2.75) is 11.1 Å². The van der Waals surface area contributed by atoms with Crippen molar-refractivity contribution in [3.63, 3.8) is 0 Å². The summed E-state index contributed by atoms with van der Waals surface area (Å²) < 4.78 is 33.4. The van der Waals surface area contributed by atoms with Gasteiger partial charge in [0, 0.05) is 6.54 Å². The van der Waals surface area contributed by atoms with Crippen LogP contribution >= 0.6 is 0 Å². The zero-order valence-corrected chi connectivity index (χ0v) is 9.44. The predicted octanol–water partition coefficient (Wildman–Crippen LogP) is 0.338. The molecule has 16 heavy (non-hydrogen) atoms. The molecule has 5 nitrogen and oxygen atoms in total. The van der Waals surface area contributed by atoms with Crippen molar-refractivity contribution >= 4 is 10.1 Å². The molecule has 2 rings (SSSR count). The lowest BCUT2D eigenvalue weighted by Crippen LogP contribution is -2.29. The van der Waals surface area contributed by atoms with E-state index in [1.807, 2.05) is 0 Å².